The van der Waals surface area contributed by atoms with Crippen molar-refractivity contribution in [3.8, 4) is 0 Å². The molecule has 0 aliphatic carbocycles. The Hall–Kier alpha value is -2.38. The van der Waals surface area contributed by atoms with Crippen LogP contribution >= 0.6 is 0 Å². The minimum absolute atomic E-state index is 0.0139. The van der Waals surface area contributed by atoms with Gasteiger partial charge in [0.2, 0.25) is 0 Å². The Bertz CT molecular complexity index is 752. The van der Waals surface area contributed by atoms with Gasteiger partial charge in [-0.1, -0.05) is 12.1 Å². The van der Waals surface area contributed by atoms with E-state index in [2.05, 4.69) is 4.98 Å². The summed E-state index contributed by atoms with van der Waals surface area (Å²) < 4.78 is 39.1. The number of alkyl halides is 3. The molecule has 0 saturated heterocycles. The Morgan fingerprint density at radius 1 is 1.38 bits per heavy atom. The monoisotopic (exact) mass is 300 g/mol. The zero-order chi connectivity index (χ0) is 15.8. The highest BCUT2D eigenvalue weighted by Gasteiger charge is 2.45. The number of hydrogen-bond acceptors (Lipinski definition) is 3. The number of carboxylic acid groups (broad SMARTS) is 1. The van der Waals surface area contributed by atoms with Gasteiger partial charge in [0.25, 0.3) is 5.56 Å². The predicted octanol–water partition coefficient (Wildman–Crippen LogP) is 1.97. The fraction of sp³-hybridized carbons (Fsp3) is 0.308. The number of halogens is 3. The molecule has 0 bridgehead atoms. The number of rotatable bonds is 3. The molecule has 2 aromatic rings. The highest BCUT2D eigenvalue weighted by molar-refractivity contribution is 5.75. The molecule has 1 unspecified atom stereocenters. The average molecular weight is 300 g/mol. The fourth-order valence-electron chi connectivity index (χ4n) is 2.01. The van der Waals surface area contributed by atoms with Crippen LogP contribution in [-0.4, -0.2) is 26.8 Å². The summed E-state index contributed by atoms with van der Waals surface area (Å²) in [7, 11) is 0. The number of aryl methyl sites for hydroxylation is 1. The first-order chi connectivity index (χ1) is 9.71. The Morgan fingerprint density at radius 3 is 2.57 bits per heavy atom. The second-order valence-electron chi connectivity index (χ2n) is 4.53. The number of nitrogens with zero attached hydrogens (tertiary/aromatic N) is 2. The van der Waals surface area contributed by atoms with Crippen molar-refractivity contribution >= 4 is 17.0 Å². The minimum atomic E-state index is -4.94. The van der Waals surface area contributed by atoms with Gasteiger partial charge in [-0.05, 0) is 19.1 Å². The van der Waals surface area contributed by atoms with Crippen LogP contribution in [0, 0.1) is 12.8 Å². The van der Waals surface area contributed by atoms with E-state index >= 15 is 0 Å². The third-order valence-electron chi connectivity index (χ3n) is 3.07. The molecule has 0 radical (unpaired) electrons. The largest absolute Gasteiger partial charge is 0.481 e. The first-order valence-electron chi connectivity index (χ1n) is 5.97. The van der Waals surface area contributed by atoms with E-state index < -0.39 is 30.2 Å². The summed E-state index contributed by atoms with van der Waals surface area (Å²) in [5.41, 5.74) is -0.214. The second-order valence-corrected chi connectivity index (χ2v) is 4.53. The lowest BCUT2D eigenvalue weighted by Gasteiger charge is -2.18. The van der Waals surface area contributed by atoms with Crippen LogP contribution in [0.2, 0.25) is 0 Å². The third-order valence-corrected chi connectivity index (χ3v) is 3.07. The number of carboxylic acids is 1. The van der Waals surface area contributed by atoms with E-state index in [-0.39, 0.29) is 11.2 Å². The van der Waals surface area contributed by atoms with Crippen molar-refractivity contribution in [2.45, 2.75) is 19.6 Å². The van der Waals surface area contributed by atoms with Gasteiger partial charge >= 0.3 is 12.1 Å². The van der Waals surface area contributed by atoms with Crippen LogP contribution in [0.15, 0.2) is 29.1 Å². The summed E-state index contributed by atoms with van der Waals surface area (Å²) in [6, 6.07) is 6.14. The molecule has 112 valence electrons. The number of aromatic nitrogens is 2. The minimum Gasteiger partial charge on any atom is -0.481 e. The summed E-state index contributed by atoms with van der Waals surface area (Å²) in [5, 5.41) is 8.75. The molecular weight excluding hydrogens is 289 g/mol. The molecule has 1 heterocycles. The van der Waals surface area contributed by atoms with Crippen LogP contribution < -0.4 is 5.56 Å². The topological polar surface area (TPSA) is 72.2 Å². The maximum absolute atomic E-state index is 12.8. The van der Waals surface area contributed by atoms with Crippen LogP contribution in [0.1, 0.15) is 5.69 Å². The third kappa shape index (κ3) is 2.88. The lowest BCUT2D eigenvalue weighted by atomic mass is 10.1. The molecule has 1 aromatic carbocycles. The van der Waals surface area contributed by atoms with E-state index in [1.807, 2.05) is 0 Å². The molecule has 0 amide bonds. The normalized spacial score (nSPS) is 13.3. The van der Waals surface area contributed by atoms with Crippen molar-refractivity contribution in [1.29, 1.82) is 0 Å². The number of fused-ring (bicyclic) bond motifs is 1. The Kier molecular flexibility index (Phi) is 3.71. The Labute approximate surface area is 116 Å². The van der Waals surface area contributed by atoms with E-state index in [9.17, 15) is 22.8 Å². The highest BCUT2D eigenvalue weighted by Crippen LogP contribution is 2.28. The lowest BCUT2D eigenvalue weighted by Crippen LogP contribution is -2.38. The molecule has 5 nitrogen and oxygen atoms in total. The van der Waals surface area contributed by atoms with Gasteiger partial charge in [0.1, 0.15) is 5.69 Å². The van der Waals surface area contributed by atoms with E-state index in [1.165, 1.54) is 13.0 Å². The smallest absolute Gasteiger partial charge is 0.403 e. The van der Waals surface area contributed by atoms with E-state index in [0.29, 0.717) is 5.52 Å². The van der Waals surface area contributed by atoms with Gasteiger partial charge in [-0.25, -0.2) is 4.98 Å². The molecule has 1 N–H and O–H groups in total. The number of benzene rings is 1. The molecule has 1 atom stereocenters. The second kappa shape index (κ2) is 5.19. The number of carbonyl (C=O) groups is 1. The van der Waals surface area contributed by atoms with Crippen molar-refractivity contribution in [2.75, 3.05) is 0 Å². The van der Waals surface area contributed by atoms with Crippen molar-refractivity contribution in [2.24, 2.45) is 5.92 Å². The van der Waals surface area contributed by atoms with Gasteiger partial charge in [0.05, 0.1) is 11.0 Å². The van der Waals surface area contributed by atoms with Crippen LogP contribution in [0.3, 0.4) is 0 Å². The maximum Gasteiger partial charge on any atom is 0.403 e. The number of aliphatic carboxylic acids is 1. The average Bonchev–Trinajstić information content (AvgIpc) is 2.37. The van der Waals surface area contributed by atoms with Gasteiger partial charge in [0, 0.05) is 6.54 Å². The van der Waals surface area contributed by atoms with Gasteiger partial charge in [-0.15, -0.1) is 0 Å². The summed E-state index contributed by atoms with van der Waals surface area (Å²) in [5.74, 6) is -4.67. The van der Waals surface area contributed by atoms with Gasteiger partial charge in [-0.3, -0.25) is 9.59 Å². The number of para-hydroxylation sites is 2. The summed E-state index contributed by atoms with van der Waals surface area (Å²) in [6.07, 6.45) is -4.94. The predicted molar refractivity (Wildman–Crippen MR) is 67.9 cm³/mol. The molecule has 2 rings (SSSR count). The van der Waals surface area contributed by atoms with E-state index in [0.717, 1.165) is 4.57 Å². The zero-order valence-corrected chi connectivity index (χ0v) is 10.9. The van der Waals surface area contributed by atoms with E-state index in [1.54, 1.807) is 18.2 Å². The summed E-state index contributed by atoms with van der Waals surface area (Å²) in [4.78, 5) is 26.8. The van der Waals surface area contributed by atoms with Crippen LogP contribution in [0.5, 0.6) is 0 Å². The van der Waals surface area contributed by atoms with Gasteiger partial charge < -0.3 is 9.67 Å². The van der Waals surface area contributed by atoms with Crippen LogP contribution in [0.25, 0.3) is 11.0 Å². The zero-order valence-electron chi connectivity index (χ0n) is 10.9. The maximum atomic E-state index is 12.8. The van der Waals surface area contributed by atoms with Crippen molar-refractivity contribution in [3.63, 3.8) is 0 Å². The summed E-state index contributed by atoms with van der Waals surface area (Å²) in [6.45, 7) is 0.385. The van der Waals surface area contributed by atoms with Crippen LogP contribution in [0.4, 0.5) is 13.2 Å². The standard InChI is InChI=1S/C13H11F3N2O3/c1-7-11(19)18(6-8(12(20)21)13(14,15)16)10-5-3-2-4-9(10)17-7/h2-5,8H,6H2,1H3,(H,20,21). The first kappa shape index (κ1) is 15.0. The molecular formula is C13H11F3N2O3. The van der Waals surface area contributed by atoms with Crippen molar-refractivity contribution in [3.05, 3.63) is 40.3 Å². The molecule has 8 heteroatoms. The van der Waals surface area contributed by atoms with Gasteiger partial charge in [0.15, 0.2) is 5.92 Å². The molecule has 0 aliphatic heterocycles. The molecule has 21 heavy (non-hydrogen) atoms. The quantitative estimate of drug-likeness (QED) is 0.940. The first-order valence-corrected chi connectivity index (χ1v) is 5.97. The SMILES string of the molecule is Cc1nc2ccccc2n(CC(C(=O)O)C(F)(F)F)c1=O. The van der Waals surface area contributed by atoms with Gasteiger partial charge in [-0.2, -0.15) is 13.2 Å². The van der Waals surface area contributed by atoms with Crippen molar-refractivity contribution < 1.29 is 23.1 Å². The molecule has 0 saturated carbocycles. The lowest BCUT2D eigenvalue weighted by molar-refractivity contribution is -0.195. The van der Waals surface area contributed by atoms with Crippen LogP contribution in [-0.2, 0) is 11.3 Å². The fourth-order valence-corrected chi connectivity index (χ4v) is 2.01. The highest BCUT2D eigenvalue weighted by atomic mass is 19.4. The Balaban J connectivity index is 2.63. The van der Waals surface area contributed by atoms with E-state index in [4.69, 9.17) is 5.11 Å². The molecule has 0 fully saturated rings. The molecule has 1 aromatic heterocycles. The molecule has 0 spiro atoms. The van der Waals surface area contributed by atoms with Crippen molar-refractivity contribution in [1.82, 2.24) is 9.55 Å². The summed E-state index contributed by atoms with van der Waals surface area (Å²) >= 11 is 0. The number of hydrogen-bond donors (Lipinski definition) is 1. The Morgan fingerprint density at radius 2 is 2.00 bits per heavy atom. The molecule has 0 aliphatic rings.